The maximum atomic E-state index is 10.9. The Hall–Kier alpha value is -1.38. The van der Waals surface area contributed by atoms with Crippen molar-refractivity contribution in [1.82, 2.24) is 15.0 Å². The second-order valence-corrected chi connectivity index (χ2v) is 5.95. The molecule has 2 rings (SSSR count). The molecule has 0 saturated carbocycles. The summed E-state index contributed by atoms with van der Waals surface area (Å²) in [6.07, 6.45) is 1.42. The van der Waals surface area contributed by atoms with E-state index < -0.39 is 5.97 Å². The molecule has 19 heavy (non-hydrogen) atoms. The van der Waals surface area contributed by atoms with Gasteiger partial charge in [-0.2, -0.15) is 4.98 Å². The zero-order valence-corrected chi connectivity index (χ0v) is 12.3. The van der Waals surface area contributed by atoms with Gasteiger partial charge in [-0.1, -0.05) is 22.9 Å². The molecule has 0 spiro atoms. The lowest BCUT2D eigenvalue weighted by Crippen LogP contribution is -1.94. The molecule has 0 aliphatic rings. The van der Waals surface area contributed by atoms with Gasteiger partial charge < -0.3 is 9.84 Å². The van der Waals surface area contributed by atoms with E-state index in [1.165, 1.54) is 25.1 Å². The van der Waals surface area contributed by atoms with Crippen molar-refractivity contribution in [3.63, 3.8) is 0 Å². The van der Waals surface area contributed by atoms with Crippen molar-refractivity contribution in [1.29, 1.82) is 0 Å². The fraction of sp³-hybridized carbons (Fsp3) is 0.200. The van der Waals surface area contributed by atoms with E-state index in [0.717, 1.165) is 11.3 Å². The summed E-state index contributed by atoms with van der Waals surface area (Å²) < 4.78 is 5.46. The van der Waals surface area contributed by atoms with Gasteiger partial charge in [-0.15, -0.1) is 0 Å². The van der Waals surface area contributed by atoms with Gasteiger partial charge >= 0.3 is 12.0 Å². The van der Waals surface area contributed by atoms with E-state index in [1.807, 2.05) is 0 Å². The molecule has 2 heterocycles. The number of ether oxygens (including phenoxy) is 1. The van der Waals surface area contributed by atoms with Gasteiger partial charge in [0.15, 0.2) is 4.34 Å². The third kappa shape index (κ3) is 3.14. The molecule has 0 unspecified atom stereocenters. The van der Waals surface area contributed by atoms with Crippen LogP contribution in [0.5, 0.6) is 6.01 Å². The lowest BCUT2D eigenvalue weighted by atomic mass is 10.4. The monoisotopic (exact) mass is 317 g/mol. The van der Waals surface area contributed by atoms with Crippen LogP contribution in [0.25, 0.3) is 0 Å². The van der Waals surface area contributed by atoms with Crippen molar-refractivity contribution >= 4 is 40.7 Å². The van der Waals surface area contributed by atoms with Crippen molar-refractivity contribution in [3.05, 3.63) is 21.8 Å². The van der Waals surface area contributed by atoms with Crippen molar-refractivity contribution in [3.8, 4) is 6.01 Å². The number of thiazole rings is 1. The van der Waals surface area contributed by atoms with Gasteiger partial charge in [0.2, 0.25) is 0 Å². The number of aromatic nitrogens is 3. The third-order valence-corrected chi connectivity index (χ3v) is 4.63. The smallest absolute Gasteiger partial charge is 0.347 e. The van der Waals surface area contributed by atoms with Gasteiger partial charge in [0.05, 0.1) is 24.0 Å². The third-order valence-electron chi connectivity index (χ3n) is 2.03. The fourth-order valence-electron chi connectivity index (χ4n) is 1.20. The first kappa shape index (κ1) is 14.0. The molecule has 0 aromatic carbocycles. The van der Waals surface area contributed by atoms with Crippen molar-refractivity contribution in [2.75, 3.05) is 7.11 Å². The summed E-state index contributed by atoms with van der Waals surface area (Å²) in [5.41, 5.74) is 0.470. The van der Waals surface area contributed by atoms with E-state index >= 15 is 0 Å². The minimum Gasteiger partial charge on any atom is -0.477 e. The second kappa shape index (κ2) is 5.72. The van der Waals surface area contributed by atoms with Crippen molar-refractivity contribution in [2.45, 2.75) is 16.3 Å². The molecule has 2 aromatic heterocycles. The number of aryl methyl sites for hydroxylation is 1. The van der Waals surface area contributed by atoms with Crippen LogP contribution in [0.15, 0.2) is 15.6 Å². The first-order chi connectivity index (χ1) is 9.01. The Balaban J connectivity index is 2.30. The molecule has 0 fully saturated rings. The topological polar surface area (TPSA) is 85.2 Å². The van der Waals surface area contributed by atoms with Crippen LogP contribution in [0, 0.1) is 6.92 Å². The Bertz CT molecular complexity index is 632. The number of hydrogen-bond donors (Lipinski definition) is 1. The molecule has 100 valence electrons. The summed E-state index contributed by atoms with van der Waals surface area (Å²) >= 11 is 8.23. The van der Waals surface area contributed by atoms with Crippen molar-refractivity contribution < 1.29 is 14.6 Å². The molecule has 6 nitrogen and oxygen atoms in total. The maximum absolute atomic E-state index is 10.9. The van der Waals surface area contributed by atoms with E-state index in [4.69, 9.17) is 21.4 Å². The molecular weight excluding hydrogens is 310 g/mol. The lowest BCUT2D eigenvalue weighted by Gasteiger charge is -2.02. The van der Waals surface area contributed by atoms with E-state index in [1.54, 1.807) is 6.92 Å². The van der Waals surface area contributed by atoms with Crippen LogP contribution in [0.3, 0.4) is 0 Å². The average Bonchev–Trinajstić information content (AvgIpc) is 2.73. The molecule has 0 atom stereocenters. The largest absolute Gasteiger partial charge is 0.477 e. The summed E-state index contributed by atoms with van der Waals surface area (Å²) in [6.45, 7) is 1.65. The molecule has 0 aliphatic heterocycles. The average molecular weight is 318 g/mol. The minimum atomic E-state index is -0.992. The van der Waals surface area contributed by atoms with E-state index in [9.17, 15) is 4.79 Å². The highest BCUT2D eigenvalue weighted by Crippen LogP contribution is 2.35. The molecule has 0 amide bonds. The zero-order valence-electron chi connectivity index (χ0n) is 9.88. The number of aromatic carboxylic acids is 1. The number of methoxy groups -OCH3 is 1. The predicted molar refractivity (Wildman–Crippen MR) is 71.5 cm³/mol. The van der Waals surface area contributed by atoms with Crippen LogP contribution in [0.1, 0.15) is 15.4 Å². The van der Waals surface area contributed by atoms with Gasteiger partial charge in [-0.05, 0) is 18.7 Å². The fourth-order valence-corrected chi connectivity index (χ4v) is 3.32. The van der Waals surface area contributed by atoms with E-state index in [-0.39, 0.29) is 10.9 Å². The quantitative estimate of drug-likeness (QED) is 0.868. The first-order valence-electron chi connectivity index (χ1n) is 4.96. The van der Waals surface area contributed by atoms with Crippen LogP contribution >= 0.6 is 34.7 Å². The summed E-state index contributed by atoms with van der Waals surface area (Å²) in [4.78, 5) is 23.3. The van der Waals surface area contributed by atoms with Crippen LogP contribution in [0.2, 0.25) is 5.02 Å². The van der Waals surface area contributed by atoms with E-state index in [0.29, 0.717) is 20.1 Å². The summed E-state index contributed by atoms with van der Waals surface area (Å²) in [5, 5.41) is 9.80. The Labute approximate surface area is 121 Å². The van der Waals surface area contributed by atoms with Gasteiger partial charge in [0.1, 0.15) is 9.90 Å². The Kier molecular flexibility index (Phi) is 4.23. The molecule has 0 bridgehead atoms. The van der Waals surface area contributed by atoms with E-state index in [2.05, 4.69) is 15.0 Å². The zero-order chi connectivity index (χ0) is 14.0. The summed E-state index contributed by atoms with van der Waals surface area (Å²) in [7, 11) is 1.45. The standard InChI is InChI=1S/C10H8ClN3O3S2/c1-4-6(8(15)16)18-10(13-4)19-7-5(11)3-12-9(14-7)17-2/h3H,1-2H3,(H,15,16). The molecule has 9 heteroatoms. The number of carboxylic acid groups (broad SMARTS) is 1. The second-order valence-electron chi connectivity index (χ2n) is 3.31. The number of hydrogen-bond acceptors (Lipinski definition) is 7. The molecule has 1 N–H and O–H groups in total. The molecule has 0 aliphatic carbocycles. The van der Waals surface area contributed by atoms with Crippen LogP contribution < -0.4 is 4.74 Å². The SMILES string of the molecule is COc1ncc(Cl)c(Sc2nc(C)c(C(=O)O)s2)n1. The highest BCUT2D eigenvalue weighted by Gasteiger charge is 2.16. The molecule has 2 aromatic rings. The number of halogens is 1. The Morgan fingerprint density at radius 3 is 2.84 bits per heavy atom. The molecular formula is C10H8ClN3O3S2. The van der Waals surface area contributed by atoms with Gasteiger partial charge in [-0.3, -0.25) is 0 Å². The predicted octanol–water partition coefficient (Wildman–Crippen LogP) is 2.75. The van der Waals surface area contributed by atoms with Crippen LogP contribution in [0.4, 0.5) is 0 Å². The summed E-state index contributed by atoms with van der Waals surface area (Å²) in [6, 6.07) is 0.193. The van der Waals surface area contributed by atoms with Crippen LogP contribution in [-0.4, -0.2) is 33.1 Å². The highest BCUT2D eigenvalue weighted by atomic mass is 35.5. The Morgan fingerprint density at radius 1 is 1.53 bits per heavy atom. The van der Waals surface area contributed by atoms with Gasteiger partial charge in [-0.25, -0.2) is 14.8 Å². The summed E-state index contributed by atoms with van der Waals surface area (Å²) in [5.74, 6) is -0.992. The van der Waals surface area contributed by atoms with Crippen LogP contribution in [-0.2, 0) is 0 Å². The number of carbonyl (C=O) groups is 1. The van der Waals surface area contributed by atoms with Crippen molar-refractivity contribution in [2.24, 2.45) is 0 Å². The highest BCUT2D eigenvalue weighted by molar-refractivity contribution is 8.01. The number of nitrogens with zero attached hydrogens (tertiary/aromatic N) is 3. The normalized spacial score (nSPS) is 10.5. The lowest BCUT2D eigenvalue weighted by molar-refractivity contribution is 0.0701. The van der Waals surface area contributed by atoms with Gasteiger partial charge in [0, 0.05) is 0 Å². The minimum absolute atomic E-state index is 0.193. The van der Waals surface area contributed by atoms with Gasteiger partial charge in [0.25, 0.3) is 0 Å². The molecule has 0 saturated heterocycles. The maximum Gasteiger partial charge on any atom is 0.347 e. The number of carboxylic acids is 1. The first-order valence-corrected chi connectivity index (χ1v) is 6.97. The molecule has 0 radical (unpaired) electrons. The Morgan fingerprint density at radius 2 is 2.26 bits per heavy atom. The number of rotatable bonds is 4.